The summed E-state index contributed by atoms with van der Waals surface area (Å²) in [7, 11) is 1.64. The lowest BCUT2D eigenvalue weighted by Crippen LogP contribution is -2.22. The smallest absolute Gasteiger partial charge is 0.166 e. The van der Waals surface area contributed by atoms with E-state index in [-0.39, 0.29) is 0 Å². The Labute approximate surface area is 114 Å². The van der Waals surface area contributed by atoms with Crippen LogP contribution in [0.15, 0.2) is 29.8 Å². The first-order valence-electron chi connectivity index (χ1n) is 5.96. The molecule has 0 unspecified atom stereocenters. The molecule has 0 heterocycles. The highest BCUT2D eigenvalue weighted by Gasteiger charge is 2.10. The van der Waals surface area contributed by atoms with Crippen molar-refractivity contribution in [2.75, 3.05) is 13.7 Å². The van der Waals surface area contributed by atoms with Gasteiger partial charge in [-0.1, -0.05) is 37.6 Å². The highest BCUT2D eigenvalue weighted by Crippen LogP contribution is 2.31. The number of halogens is 1. The van der Waals surface area contributed by atoms with Crippen molar-refractivity contribution in [3.63, 3.8) is 0 Å². The Hall–Kier alpha value is -1.19. The van der Waals surface area contributed by atoms with E-state index in [4.69, 9.17) is 21.1 Å². The molecule has 0 aromatic heterocycles. The van der Waals surface area contributed by atoms with Crippen molar-refractivity contribution < 1.29 is 9.47 Å². The summed E-state index contributed by atoms with van der Waals surface area (Å²) in [5, 5.41) is 3.36. The van der Waals surface area contributed by atoms with Gasteiger partial charge >= 0.3 is 0 Å². The van der Waals surface area contributed by atoms with E-state index in [9.17, 15) is 0 Å². The monoisotopic (exact) mass is 269 g/mol. The van der Waals surface area contributed by atoms with Gasteiger partial charge < -0.3 is 14.8 Å². The van der Waals surface area contributed by atoms with Gasteiger partial charge in [0.2, 0.25) is 0 Å². The number of nitrogens with one attached hydrogen (secondary N) is 1. The minimum absolute atomic E-state index is 0.423. The van der Waals surface area contributed by atoms with Crippen LogP contribution in [-0.4, -0.2) is 19.8 Å². The average Bonchev–Trinajstić information content (AvgIpc) is 2.37. The number of rotatable bonds is 7. The summed E-state index contributed by atoms with van der Waals surface area (Å²) in [6.45, 7) is 5.39. The molecule has 0 radical (unpaired) electrons. The van der Waals surface area contributed by atoms with Crippen LogP contribution in [0, 0.1) is 0 Å². The largest absolute Gasteiger partial charge is 0.493 e. The van der Waals surface area contributed by atoms with Crippen molar-refractivity contribution in [3.8, 4) is 11.5 Å². The van der Waals surface area contributed by atoms with Gasteiger partial charge in [0.1, 0.15) is 6.61 Å². The lowest BCUT2D eigenvalue weighted by Gasteiger charge is -2.15. The van der Waals surface area contributed by atoms with Crippen LogP contribution in [0.4, 0.5) is 0 Å². The molecule has 1 aromatic carbocycles. The molecule has 1 aromatic rings. The zero-order valence-electron chi connectivity index (χ0n) is 11.1. The summed E-state index contributed by atoms with van der Waals surface area (Å²) in [6.07, 6.45) is 1.74. The zero-order valence-corrected chi connectivity index (χ0v) is 11.8. The van der Waals surface area contributed by atoms with Gasteiger partial charge in [0, 0.05) is 23.7 Å². The van der Waals surface area contributed by atoms with E-state index in [0.29, 0.717) is 12.6 Å². The first-order valence-corrected chi connectivity index (χ1v) is 6.40. The van der Waals surface area contributed by atoms with Gasteiger partial charge in [-0.3, -0.25) is 0 Å². The molecule has 0 fully saturated rings. The SMILES string of the molecule is COc1cccc(CNC(C)C)c1OC/C=C/Cl. The van der Waals surface area contributed by atoms with Gasteiger partial charge in [-0.15, -0.1) is 0 Å². The molecule has 0 aliphatic heterocycles. The van der Waals surface area contributed by atoms with Gasteiger partial charge in [-0.25, -0.2) is 0 Å². The Bertz CT molecular complexity index is 391. The molecule has 1 N–H and O–H groups in total. The lowest BCUT2D eigenvalue weighted by atomic mass is 10.1. The Balaban J connectivity index is 2.85. The van der Waals surface area contributed by atoms with Crippen molar-refractivity contribution in [2.24, 2.45) is 0 Å². The van der Waals surface area contributed by atoms with Crippen LogP contribution in [0.3, 0.4) is 0 Å². The number of methoxy groups -OCH3 is 1. The minimum Gasteiger partial charge on any atom is -0.493 e. The predicted octanol–water partition coefficient (Wildman–Crippen LogP) is 3.32. The van der Waals surface area contributed by atoms with E-state index in [0.717, 1.165) is 23.6 Å². The average molecular weight is 270 g/mol. The van der Waals surface area contributed by atoms with Crippen LogP contribution in [0.2, 0.25) is 0 Å². The number of hydrogen-bond acceptors (Lipinski definition) is 3. The van der Waals surface area contributed by atoms with E-state index < -0.39 is 0 Å². The fraction of sp³-hybridized carbons (Fsp3) is 0.429. The number of ether oxygens (including phenoxy) is 2. The third-order valence-electron chi connectivity index (χ3n) is 2.39. The molecule has 0 bridgehead atoms. The van der Waals surface area contributed by atoms with Gasteiger partial charge in [0.05, 0.1) is 7.11 Å². The summed E-state index contributed by atoms with van der Waals surface area (Å²) in [6, 6.07) is 6.29. The molecule has 0 saturated heterocycles. The second-order valence-electron chi connectivity index (χ2n) is 4.16. The van der Waals surface area contributed by atoms with E-state index in [2.05, 4.69) is 19.2 Å². The normalized spacial score (nSPS) is 11.2. The Morgan fingerprint density at radius 1 is 1.39 bits per heavy atom. The summed E-state index contributed by atoms with van der Waals surface area (Å²) in [5.41, 5.74) is 2.52. The number of para-hydroxylation sites is 1. The van der Waals surface area contributed by atoms with E-state index in [1.807, 2.05) is 18.2 Å². The summed E-state index contributed by atoms with van der Waals surface area (Å²) < 4.78 is 11.0. The van der Waals surface area contributed by atoms with Crippen molar-refractivity contribution in [1.29, 1.82) is 0 Å². The molecule has 0 aliphatic carbocycles. The predicted molar refractivity (Wildman–Crippen MR) is 75.5 cm³/mol. The zero-order chi connectivity index (χ0) is 13.4. The molecule has 4 heteroatoms. The Kier molecular flexibility index (Phi) is 6.61. The molecule has 100 valence electrons. The number of hydrogen-bond donors (Lipinski definition) is 1. The standard InChI is InChI=1S/C14H20ClNO2/c1-11(2)16-10-12-6-4-7-13(17-3)14(12)18-9-5-8-15/h4-8,11,16H,9-10H2,1-3H3/b8-5+. The second-order valence-corrected chi connectivity index (χ2v) is 4.41. The first-order chi connectivity index (χ1) is 8.69. The summed E-state index contributed by atoms with van der Waals surface area (Å²) >= 11 is 5.48. The van der Waals surface area contributed by atoms with Crippen molar-refractivity contribution in [2.45, 2.75) is 26.4 Å². The van der Waals surface area contributed by atoms with Crippen LogP contribution in [-0.2, 0) is 6.54 Å². The minimum atomic E-state index is 0.423. The quantitative estimate of drug-likeness (QED) is 0.824. The molecular formula is C14H20ClNO2. The molecule has 3 nitrogen and oxygen atoms in total. The maximum Gasteiger partial charge on any atom is 0.166 e. The van der Waals surface area contributed by atoms with Crippen LogP contribution < -0.4 is 14.8 Å². The first kappa shape index (κ1) is 14.9. The molecule has 18 heavy (non-hydrogen) atoms. The fourth-order valence-electron chi connectivity index (χ4n) is 1.51. The van der Waals surface area contributed by atoms with Crippen molar-refractivity contribution >= 4 is 11.6 Å². The van der Waals surface area contributed by atoms with Crippen LogP contribution in [0.1, 0.15) is 19.4 Å². The highest BCUT2D eigenvalue weighted by atomic mass is 35.5. The summed E-state index contributed by atoms with van der Waals surface area (Å²) in [4.78, 5) is 0. The number of benzene rings is 1. The molecule has 0 saturated carbocycles. The Morgan fingerprint density at radius 3 is 2.78 bits per heavy atom. The molecule has 0 amide bonds. The molecule has 1 rings (SSSR count). The van der Waals surface area contributed by atoms with Crippen LogP contribution >= 0.6 is 11.6 Å². The van der Waals surface area contributed by atoms with Gasteiger partial charge in [-0.2, -0.15) is 0 Å². The molecular weight excluding hydrogens is 250 g/mol. The fourth-order valence-corrected chi connectivity index (χ4v) is 1.58. The maximum absolute atomic E-state index is 5.70. The summed E-state index contributed by atoms with van der Waals surface area (Å²) in [5.74, 6) is 1.50. The maximum atomic E-state index is 5.70. The van der Waals surface area contributed by atoms with Gasteiger partial charge in [-0.05, 0) is 12.1 Å². The van der Waals surface area contributed by atoms with Crippen LogP contribution in [0.25, 0.3) is 0 Å². The van der Waals surface area contributed by atoms with Crippen molar-refractivity contribution in [3.05, 3.63) is 35.4 Å². The van der Waals surface area contributed by atoms with E-state index >= 15 is 0 Å². The van der Waals surface area contributed by atoms with Crippen molar-refractivity contribution in [1.82, 2.24) is 5.32 Å². The third-order valence-corrected chi connectivity index (χ3v) is 2.57. The highest BCUT2D eigenvalue weighted by molar-refractivity contribution is 6.25. The second kappa shape index (κ2) is 8.01. The molecule has 0 atom stereocenters. The molecule has 0 aliphatic rings. The van der Waals surface area contributed by atoms with Gasteiger partial charge in [0.25, 0.3) is 0 Å². The van der Waals surface area contributed by atoms with E-state index in [1.54, 1.807) is 13.2 Å². The van der Waals surface area contributed by atoms with E-state index in [1.165, 1.54) is 5.54 Å². The Morgan fingerprint density at radius 2 is 2.17 bits per heavy atom. The topological polar surface area (TPSA) is 30.5 Å². The van der Waals surface area contributed by atoms with Gasteiger partial charge in [0.15, 0.2) is 11.5 Å². The third kappa shape index (κ3) is 4.59. The van der Waals surface area contributed by atoms with Crippen LogP contribution in [0.5, 0.6) is 11.5 Å². The lowest BCUT2D eigenvalue weighted by molar-refractivity contribution is 0.321. The molecule has 0 spiro atoms.